The molecule has 2 N–H and O–H groups in total. The molecule has 3 rings (SSSR count). The van der Waals surface area contributed by atoms with E-state index in [0.717, 1.165) is 32.2 Å². The van der Waals surface area contributed by atoms with Gasteiger partial charge in [0.25, 0.3) is 0 Å². The van der Waals surface area contributed by atoms with Crippen LogP contribution in [0.2, 0.25) is 0 Å². The van der Waals surface area contributed by atoms with Crippen LogP contribution in [-0.4, -0.2) is 30.4 Å². The van der Waals surface area contributed by atoms with Crippen LogP contribution in [0.1, 0.15) is 44.2 Å². The Morgan fingerprint density at radius 2 is 2.14 bits per heavy atom. The average Bonchev–Trinajstić information content (AvgIpc) is 3.13. The Bertz CT molecular complexity index is 568. The predicted molar refractivity (Wildman–Crippen MR) is 89.6 cm³/mol. The molecule has 2 aliphatic carbocycles. The molecule has 0 radical (unpaired) electrons. The average molecular weight is 300 g/mol. The minimum Gasteiger partial charge on any atom is -0.345 e. The van der Waals surface area contributed by atoms with Gasteiger partial charge in [-0.15, -0.1) is 0 Å². The molecule has 1 spiro atoms. The smallest absolute Gasteiger partial charge is 0.226 e. The minimum atomic E-state index is 0.155. The Hall–Kier alpha value is -1.35. The summed E-state index contributed by atoms with van der Waals surface area (Å²) in [5.74, 6) is 0.974. The first kappa shape index (κ1) is 15.5. The summed E-state index contributed by atoms with van der Waals surface area (Å²) in [5, 5.41) is 0. The third-order valence-corrected chi connectivity index (χ3v) is 5.80. The van der Waals surface area contributed by atoms with Crippen molar-refractivity contribution in [2.24, 2.45) is 17.6 Å². The molecule has 1 amide bonds. The van der Waals surface area contributed by atoms with Gasteiger partial charge in [0.15, 0.2) is 0 Å². The first-order chi connectivity index (χ1) is 10.5. The SMILES string of the molecule is CC(C)C(N)CCN(C)C(=O)C1CC12CCc1ccccc12. The van der Waals surface area contributed by atoms with Gasteiger partial charge in [0.2, 0.25) is 5.91 Å². The summed E-state index contributed by atoms with van der Waals surface area (Å²) in [6.07, 6.45) is 4.18. The molecule has 2 aliphatic rings. The van der Waals surface area contributed by atoms with Crippen molar-refractivity contribution < 1.29 is 4.79 Å². The second-order valence-electron chi connectivity index (χ2n) is 7.53. The highest BCUT2D eigenvalue weighted by atomic mass is 16.2. The predicted octanol–water partition coefficient (Wildman–Crippen LogP) is 2.72. The lowest BCUT2D eigenvalue weighted by Gasteiger charge is -2.22. The van der Waals surface area contributed by atoms with Crippen LogP contribution in [0.15, 0.2) is 24.3 Å². The van der Waals surface area contributed by atoms with Crippen LogP contribution in [0, 0.1) is 11.8 Å². The van der Waals surface area contributed by atoms with Crippen LogP contribution in [0.5, 0.6) is 0 Å². The second-order valence-corrected chi connectivity index (χ2v) is 7.53. The van der Waals surface area contributed by atoms with Gasteiger partial charge in [-0.25, -0.2) is 0 Å². The number of carbonyl (C=O) groups is 1. The van der Waals surface area contributed by atoms with Crippen LogP contribution >= 0.6 is 0 Å². The highest BCUT2D eigenvalue weighted by molar-refractivity contribution is 5.84. The number of carbonyl (C=O) groups excluding carboxylic acids is 1. The van der Waals surface area contributed by atoms with Crippen molar-refractivity contribution in [2.75, 3.05) is 13.6 Å². The minimum absolute atomic E-state index is 0.155. The number of rotatable bonds is 5. The van der Waals surface area contributed by atoms with Gasteiger partial charge in [-0.3, -0.25) is 4.79 Å². The van der Waals surface area contributed by atoms with E-state index in [1.54, 1.807) is 0 Å². The topological polar surface area (TPSA) is 46.3 Å². The molecule has 0 saturated heterocycles. The summed E-state index contributed by atoms with van der Waals surface area (Å²) in [7, 11) is 1.93. The van der Waals surface area contributed by atoms with E-state index < -0.39 is 0 Å². The molecule has 3 atom stereocenters. The van der Waals surface area contributed by atoms with Crippen molar-refractivity contribution in [2.45, 2.75) is 51.0 Å². The number of fused-ring (bicyclic) bond motifs is 2. The fourth-order valence-electron chi connectivity index (χ4n) is 3.97. The van der Waals surface area contributed by atoms with Crippen molar-refractivity contribution in [3.63, 3.8) is 0 Å². The lowest BCUT2D eigenvalue weighted by Crippen LogP contribution is -2.36. The zero-order valence-corrected chi connectivity index (χ0v) is 14.0. The van der Waals surface area contributed by atoms with Crippen LogP contribution < -0.4 is 5.73 Å². The van der Waals surface area contributed by atoms with E-state index in [9.17, 15) is 4.79 Å². The maximum Gasteiger partial charge on any atom is 0.226 e. The van der Waals surface area contributed by atoms with Crippen LogP contribution in [0.25, 0.3) is 0 Å². The largest absolute Gasteiger partial charge is 0.345 e. The highest BCUT2D eigenvalue weighted by Gasteiger charge is 2.61. The summed E-state index contributed by atoms with van der Waals surface area (Å²) in [6, 6.07) is 8.84. The molecule has 22 heavy (non-hydrogen) atoms. The van der Waals surface area contributed by atoms with Crippen molar-refractivity contribution >= 4 is 5.91 Å². The molecule has 1 saturated carbocycles. The van der Waals surface area contributed by atoms with Crippen molar-refractivity contribution in [1.29, 1.82) is 0 Å². The number of hydrogen-bond acceptors (Lipinski definition) is 2. The molecular weight excluding hydrogens is 272 g/mol. The molecule has 3 heteroatoms. The summed E-state index contributed by atoms with van der Waals surface area (Å²) >= 11 is 0. The van der Waals surface area contributed by atoms with E-state index in [0.29, 0.717) is 11.8 Å². The monoisotopic (exact) mass is 300 g/mol. The Kier molecular flexibility index (Phi) is 4.02. The Morgan fingerprint density at radius 3 is 2.86 bits per heavy atom. The Balaban J connectivity index is 1.62. The van der Waals surface area contributed by atoms with Crippen LogP contribution in [0.3, 0.4) is 0 Å². The summed E-state index contributed by atoms with van der Waals surface area (Å²) < 4.78 is 0. The van der Waals surface area contributed by atoms with Gasteiger partial charge in [0, 0.05) is 31.0 Å². The lowest BCUT2D eigenvalue weighted by molar-refractivity contribution is -0.131. The molecule has 120 valence electrons. The number of nitrogens with zero attached hydrogens (tertiary/aromatic N) is 1. The van der Waals surface area contributed by atoms with E-state index in [-0.39, 0.29) is 17.4 Å². The third kappa shape index (κ3) is 2.56. The van der Waals surface area contributed by atoms with Crippen molar-refractivity contribution in [3.05, 3.63) is 35.4 Å². The Morgan fingerprint density at radius 1 is 1.41 bits per heavy atom. The lowest BCUT2D eigenvalue weighted by atomic mass is 9.95. The molecular formula is C19H28N2O. The third-order valence-electron chi connectivity index (χ3n) is 5.80. The van der Waals surface area contributed by atoms with Crippen molar-refractivity contribution in [3.8, 4) is 0 Å². The van der Waals surface area contributed by atoms with Gasteiger partial charge in [0.05, 0.1) is 0 Å². The Labute approximate surface area is 133 Å². The maximum atomic E-state index is 12.7. The molecule has 0 aromatic heterocycles. The van der Waals surface area contributed by atoms with E-state index >= 15 is 0 Å². The van der Waals surface area contributed by atoms with Gasteiger partial charge in [-0.2, -0.15) is 0 Å². The van der Waals surface area contributed by atoms with Gasteiger partial charge in [0.1, 0.15) is 0 Å². The number of aryl methyl sites for hydroxylation is 1. The van der Waals surface area contributed by atoms with E-state index in [4.69, 9.17) is 5.73 Å². The molecule has 1 aromatic carbocycles. The normalized spacial score (nSPS) is 27.0. The van der Waals surface area contributed by atoms with E-state index in [1.807, 2.05) is 11.9 Å². The second kappa shape index (κ2) is 5.69. The number of hydrogen-bond donors (Lipinski definition) is 1. The molecule has 0 bridgehead atoms. The number of amides is 1. The molecule has 0 aliphatic heterocycles. The summed E-state index contributed by atoms with van der Waals surface area (Å²) in [4.78, 5) is 14.6. The van der Waals surface area contributed by atoms with E-state index in [1.165, 1.54) is 11.1 Å². The van der Waals surface area contributed by atoms with Gasteiger partial charge in [-0.05, 0) is 42.7 Å². The number of benzene rings is 1. The van der Waals surface area contributed by atoms with Crippen molar-refractivity contribution in [1.82, 2.24) is 4.90 Å². The number of nitrogens with two attached hydrogens (primary N) is 1. The van der Waals surface area contributed by atoms with E-state index in [2.05, 4.69) is 38.1 Å². The molecule has 3 nitrogen and oxygen atoms in total. The first-order valence-electron chi connectivity index (χ1n) is 8.54. The van der Waals surface area contributed by atoms with Gasteiger partial charge in [-0.1, -0.05) is 38.1 Å². The standard InChI is InChI=1S/C19H28N2O/c1-13(2)17(20)9-11-21(3)18(22)16-12-19(16)10-8-14-6-4-5-7-15(14)19/h4-7,13,16-17H,8-12,20H2,1-3H3. The molecule has 1 aromatic rings. The van der Waals surface area contributed by atoms with Crippen LogP contribution in [0.4, 0.5) is 0 Å². The quantitative estimate of drug-likeness (QED) is 0.909. The molecule has 1 fully saturated rings. The summed E-state index contributed by atoms with van der Waals surface area (Å²) in [5.41, 5.74) is 9.13. The molecule has 3 unspecified atom stereocenters. The van der Waals surface area contributed by atoms with Crippen LogP contribution in [-0.2, 0) is 16.6 Å². The summed E-state index contributed by atoms with van der Waals surface area (Å²) in [6.45, 7) is 5.04. The van der Waals surface area contributed by atoms with Gasteiger partial charge < -0.3 is 10.6 Å². The fourth-order valence-corrected chi connectivity index (χ4v) is 3.97. The first-order valence-corrected chi connectivity index (χ1v) is 8.54. The zero-order chi connectivity index (χ0) is 15.9. The van der Waals surface area contributed by atoms with Gasteiger partial charge >= 0.3 is 0 Å². The fraction of sp³-hybridized carbons (Fsp3) is 0.632. The zero-order valence-electron chi connectivity index (χ0n) is 14.0. The highest BCUT2D eigenvalue weighted by Crippen LogP contribution is 2.61. The molecule has 0 heterocycles. The maximum absolute atomic E-state index is 12.7.